The number of carbonyl (C=O) groups excluding carboxylic acids is 2. The van der Waals surface area contributed by atoms with Crippen LogP contribution in [0.1, 0.15) is 35.9 Å². The van der Waals surface area contributed by atoms with Crippen LogP contribution in [0, 0.1) is 13.8 Å². The summed E-state index contributed by atoms with van der Waals surface area (Å²) in [5, 5.41) is 6.67. The summed E-state index contributed by atoms with van der Waals surface area (Å²) in [7, 11) is 0. The Morgan fingerprint density at radius 1 is 1.24 bits per heavy atom. The molecule has 1 N–H and O–H groups in total. The Morgan fingerprint density at radius 3 is 2.56 bits per heavy atom. The quantitative estimate of drug-likeness (QED) is 0.744. The third-order valence-electron chi connectivity index (χ3n) is 3.97. The van der Waals surface area contributed by atoms with Crippen molar-refractivity contribution >= 4 is 11.9 Å². The maximum absolute atomic E-state index is 12.3. The Hall–Kier alpha value is -2.63. The Morgan fingerprint density at radius 2 is 1.96 bits per heavy atom. The summed E-state index contributed by atoms with van der Waals surface area (Å²) in [6.45, 7) is 5.69. The van der Waals surface area contributed by atoms with Gasteiger partial charge in [0.2, 0.25) is 5.91 Å². The van der Waals surface area contributed by atoms with Gasteiger partial charge in [0.05, 0.1) is 12.3 Å². The normalized spacial score (nSPS) is 11.8. The van der Waals surface area contributed by atoms with Crippen molar-refractivity contribution in [2.24, 2.45) is 0 Å². The number of esters is 1. The molecule has 1 aromatic carbocycles. The predicted octanol–water partition coefficient (Wildman–Crippen LogP) is 2.51. The van der Waals surface area contributed by atoms with Gasteiger partial charge in [-0.05, 0) is 32.8 Å². The van der Waals surface area contributed by atoms with Crippen molar-refractivity contribution in [2.45, 2.75) is 46.1 Å². The van der Waals surface area contributed by atoms with Crippen LogP contribution in [-0.2, 0) is 27.2 Å². The van der Waals surface area contributed by atoms with Crippen LogP contribution in [0.4, 0.5) is 0 Å². The van der Waals surface area contributed by atoms with Gasteiger partial charge in [-0.15, -0.1) is 0 Å². The number of nitrogens with one attached hydrogen (secondary N) is 1. The number of hydrogen-bond donors (Lipinski definition) is 1. The van der Waals surface area contributed by atoms with Crippen LogP contribution >= 0.6 is 0 Å². The molecule has 1 aromatic heterocycles. The molecule has 0 saturated heterocycles. The third-order valence-corrected chi connectivity index (χ3v) is 3.97. The van der Waals surface area contributed by atoms with Crippen molar-refractivity contribution in [3.63, 3.8) is 0 Å². The average molecular weight is 344 g/mol. The van der Waals surface area contributed by atoms with Gasteiger partial charge in [-0.1, -0.05) is 35.5 Å². The van der Waals surface area contributed by atoms with Crippen LogP contribution in [0.3, 0.4) is 0 Å². The summed E-state index contributed by atoms with van der Waals surface area (Å²) in [6, 6.07) is 8.85. The second-order valence-corrected chi connectivity index (χ2v) is 5.86. The molecule has 134 valence electrons. The van der Waals surface area contributed by atoms with E-state index in [0.717, 1.165) is 22.6 Å². The standard InChI is InChI=1S/C19H24N2O4/c1-4-24-19(23)17(12-15-8-6-5-7-9-15)20-18(22)11-10-16-13(2)21-25-14(16)3/h5-9,17H,4,10-12H2,1-3H3,(H,20,22). The van der Waals surface area contributed by atoms with Gasteiger partial charge >= 0.3 is 5.97 Å². The van der Waals surface area contributed by atoms with E-state index < -0.39 is 12.0 Å². The minimum atomic E-state index is -0.695. The van der Waals surface area contributed by atoms with Gasteiger partial charge in [-0.25, -0.2) is 4.79 Å². The van der Waals surface area contributed by atoms with E-state index in [1.165, 1.54) is 0 Å². The molecule has 0 spiro atoms. The van der Waals surface area contributed by atoms with Crippen LogP contribution in [0.15, 0.2) is 34.9 Å². The third kappa shape index (κ3) is 5.45. The fraction of sp³-hybridized carbons (Fsp3) is 0.421. The molecular formula is C19H24N2O4. The van der Waals surface area contributed by atoms with Gasteiger partial charge in [-0.3, -0.25) is 4.79 Å². The highest BCUT2D eigenvalue weighted by Gasteiger charge is 2.22. The molecule has 0 bridgehead atoms. The summed E-state index contributed by atoms with van der Waals surface area (Å²) in [4.78, 5) is 24.5. The highest BCUT2D eigenvalue weighted by atomic mass is 16.5. The van der Waals surface area contributed by atoms with Gasteiger partial charge < -0.3 is 14.6 Å². The molecule has 0 aliphatic heterocycles. The van der Waals surface area contributed by atoms with Gasteiger partial charge in [0, 0.05) is 18.4 Å². The first-order valence-electron chi connectivity index (χ1n) is 8.43. The van der Waals surface area contributed by atoms with Crippen LogP contribution in [0.25, 0.3) is 0 Å². The first-order chi connectivity index (χ1) is 12.0. The second kappa shape index (κ2) is 9.01. The molecule has 6 heteroatoms. The number of rotatable bonds is 8. The first kappa shape index (κ1) is 18.7. The van der Waals surface area contributed by atoms with Crippen LogP contribution in [0.5, 0.6) is 0 Å². The largest absolute Gasteiger partial charge is 0.464 e. The number of benzene rings is 1. The molecule has 0 aliphatic rings. The summed E-state index contributed by atoms with van der Waals surface area (Å²) in [5.74, 6) is 0.0996. The van der Waals surface area contributed by atoms with E-state index in [2.05, 4.69) is 10.5 Å². The summed E-state index contributed by atoms with van der Waals surface area (Å²) in [5.41, 5.74) is 2.69. The zero-order valence-corrected chi connectivity index (χ0v) is 14.9. The van der Waals surface area contributed by atoms with Gasteiger partial charge in [0.15, 0.2) is 0 Å². The number of amides is 1. The Bertz CT molecular complexity index is 690. The molecular weight excluding hydrogens is 320 g/mol. The monoisotopic (exact) mass is 344 g/mol. The zero-order valence-electron chi connectivity index (χ0n) is 14.9. The smallest absolute Gasteiger partial charge is 0.328 e. The molecule has 2 aromatic rings. The topological polar surface area (TPSA) is 81.4 Å². The van der Waals surface area contributed by atoms with Crippen molar-refractivity contribution in [1.82, 2.24) is 10.5 Å². The maximum atomic E-state index is 12.3. The lowest BCUT2D eigenvalue weighted by atomic mass is 10.0. The lowest BCUT2D eigenvalue weighted by Crippen LogP contribution is -2.43. The summed E-state index contributed by atoms with van der Waals surface area (Å²) in [6.07, 6.45) is 1.18. The minimum absolute atomic E-state index is 0.200. The Kier molecular flexibility index (Phi) is 6.74. The second-order valence-electron chi connectivity index (χ2n) is 5.86. The Balaban J connectivity index is 1.97. The van der Waals surface area contributed by atoms with Crippen LogP contribution in [-0.4, -0.2) is 29.7 Å². The predicted molar refractivity (Wildman–Crippen MR) is 93.0 cm³/mol. The molecule has 1 atom stereocenters. The molecule has 1 amide bonds. The van der Waals surface area contributed by atoms with Gasteiger partial charge in [0.1, 0.15) is 11.8 Å². The van der Waals surface area contributed by atoms with E-state index in [1.807, 2.05) is 44.2 Å². The fourth-order valence-electron chi connectivity index (χ4n) is 2.65. The number of carbonyl (C=O) groups is 2. The lowest BCUT2D eigenvalue weighted by molar-refractivity contribution is -0.147. The molecule has 25 heavy (non-hydrogen) atoms. The summed E-state index contributed by atoms with van der Waals surface area (Å²) < 4.78 is 10.2. The molecule has 0 radical (unpaired) electrons. The van der Waals surface area contributed by atoms with E-state index in [4.69, 9.17) is 9.26 Å². The van der Waals surface area contributed by atoms with Crippen molar-refractivity contribution in [3.8, 4) is 0 Å². The van der Waals surface area contributed by atoms with E-state index >= 15 is 0 Å². The molecule has 0 saturated carbocycles. The number of nitrogens with zero attached hydrogens (tertiary/aromatic N) is 1. The van der Waals surface area contributed by atoms with Gasteiger partial charge in [-0.2, -0.15) is 0 Å². The number of aryl methyl sites for hydroxylation is 2. The van der Waals surface area contributed by atoms with Crippen molar-refractivity contribution < 1.29 is 18.8 Å². The zero-order chi connectivity index (χ0) is 18.2. The number of hydrogen-bond acceptors (Lipinski definition) is 5. The molecule has 6 nitrogen and oxygen atoms in total. The maximum Gasteiger partial charge on any atom is 0.328 e. The molecule has 2 rings (SSSR count). The minimum Gasteiger partial charge on any atom is -0.464 e. The van der Waals surface area contributed by atoms with Crippen molar-refractivity contribution in [2.75, 3.05) is 6.61 Å². The molecule has 0 aliphatic carbocycles. The van der Waals surface area contributed by atoms with Crippen molar-refractivity contribution in [1.29, 1.82) is 0 Å². The highest BCUT2D eigenvalue weighted by Crippen LogP contribution is 2.14. The lowest BCUT2D eigenvalue weighted by Gasteiger charge is -2.17. The van der Waals surface area contributed by atoms with E-state index in [-0.39, 0.29) is 18.9 Å². The molecule has 1 heterocycles. The average Bonchev–Trinajstić information content (AvgIpc) is 2.92. The van der Waals surface area contributed by atoms with Crippen LogP contribution in [0.2, 0.25) is 0 Å². The summed E-state index contributed by atoms with van der Waals surface area (Å²) >= 11 is 0. The highest BCUT2D eigenvalue weighted by molar-refractivity contribution is 5.84. The fourth-order valence-corrected chi connectivity index (χ4v) is 2.65. The first-order valence-corrected chi connectivity index (χ1v) is 8.43. The van der Waals surface area contributed by atoms with Crippen molar-refractivity contribution in [3.05, 3.63) is 52.9 Å². The number of ether oxygens (including phenoxy) is 1. The van der Waals surface area contributed by atoms with E-state index in [1.54, 1.807) is 6.92 Å². The Labute approximate surface area is 147 Å². The SMILES string of the molecule is CCOC(=O)C(Cc1ccccc1)NC(=O)CCc1c(C)noc1C. The van der Waals surface area contributed by atoms with Crippen LogP contribution < -0.4 is 5.32 Å². The molecule has 1 unspecified atom stereocenters. The van der Waals surface area contributed by atoms with E-state index in [9.17, 15) is 9.59 Å². The van der Waals surface area contributed by atoms with Gasteiger partial charge in [0.25, 0.3) is 0 Å². The van der Waals surface area contributed by atoms with E-state index in [0.29, 0.717) is 12.8 Å². The molecule has 0 fully saturated rings. The number of aromatic nitrogens is 1.